The molecule has 0 bridgehead atoms. The lowest BCUT2D eigenvalue weighted by Crippen LogP contribution is -1.91. The summed E-state index contributed by atoms with van der Waals surface area (Å²) in [4.78, 5) is 17.2. The van der Waals surface area contributed by atoms with Crippen LogP contribution in [0.25, 0.3) is 23.0 Å². The maximum Gasteiger partial charge on any atom is 0.197 e. The summed E-state index contributed by atoms with van der Waals surface area (Å²) in [7, 11) is 0. The van der Waals surface area contributed by atoms with Crippen LogP contribution in [0.2, 0.25) is 0 Å². The van der Waals surface area contributed by atoms with Gasteiger partial charge in [0.2, 0.25) is 0 Å². The van der Waals surface area contributed by atoms with E-state index in [1.165, 1.54) is 0 Å². The van der Waals surface area contributed by atoms with E-state index in [1.54, 1.807) is 24.7 Å². The quantitative estimate of drug-likeness (QED) is 0.727. The maximum atomic E-state index is 5.71. The molecular weight excluding hydrogens is 252 g/mol. The average Bonchev–Trinajstić information content (AvgIpc) is 2.98. The molecule has 0 spiro atoms. The summed E-state index contributed by atoms with van der Waals surface area (Å²) >= 11 is 0. The predicted octanol–water partition coefficient (Wildman–Crippen LogP) is 3.32. The monoisotopic (exact) mass is 266 g/mol. The Kier molecular flexibility index (Phi) is 3.25. The SMILES string of the molecule is CC(C)c1ncc(-c2cccc(-c3ncccn3)n2)o1. The van der Waals surface area contributed by atoms with Crippen molar-refractivity contribution in [3.63, 3.8) is 0 Å². The number of aromatic nitrogens is 4. The Hall–Kier alpha value is -2.56. The standard InChI is InChI=1S/C15H14N4O/c1-10(2)15-18-9-13(20-15)11-5-3-6-12(19-11)14-16-7-4-8-17-14/h3-10H,1-2H3. The second kappa shape index (κ2) is 5.21. The van der Waals surface area contributed by atoms with Gasteiger partial charge in [-0.15, -0.1) is 0 Å². The lowest BCUT2D eigenvalue weighted by atomic mass is 10.2. The van der Waals surface area contributed by atoms with E-state index in [4.69, 9.17) is 4.42 Å². The van der Waals surface area contributed by atoms with Gasteiger partial charge in [0.25, 0.3) is 0 Å². The molecule has 0 N–H and O–H groups in total. The molecule has 100 valence electrons. The normalized spacial score (nSPS) is 10.9. The van der Waals surface area contributed by atoms with Crippen molar-refractivity contribution >= 4 is 0 Å². The van der Waals surface area contributed by atoms with Gasteiger partial charge in [-0.05, 0) is 18.2 Å². The Balaban J connectivity index is 1.99. The minimum absolute atomic E-state index is 0.254. The van der Waals surface area contributed by atoms with Crippen molar-refractivity contribution in [3.8, 4) is 23.0 Å². The highest BCUT2D eigenvalue weighted by molar-refractivity contribution is 5.57. The minimum Gasteiger partial charge on any atom is -0.439 e. The molecule has 0 aromatic carbocycles. The Morgan fingerprint density at radius 3 is 2.40 bits per heavy atom. The van der Waals surface area contributed by atoms with Crippen molar-refractivity contribution in [2.24, 2.45) is 0 Å². The molecule has 20 heavy (non-hydrogen) atoms. The van der Waals surface area contributed by atoms with Crippen LogP contribution in [0, 0.1) is 0 Å². The third-order valence-corrected chi connectivity index (χ3v) is 2.81. The third kappa shape index (κ3) is 2.42. The fraction of sp³-hybridized carbons (Fsp3) is 0.200. The Morgan fingerprint density at radius 2 is 1.70 bits per heavy atom. The molecule has 0 amide bonds. The molecule has 0 unspecified atom stereocenters. The minimum atomic E-state index is 0.254. The van der Waals surface area contributed by atoms with Gasteiger partial charge in [0.1, 0.15) is 11.4 Å². The number of hydrogen-bond donors (Lipinski definition) is 0. The van der Waals surface area contributed by atoms with E-state index in [9.17, 15) is 0 Å². The van der Waals surface area contributed by atoms with Gasteiger partial charge in [-0.3, -0.25) is 0 Å². The summed E-state index contributed by atoms with van der Waals surface area (Å²) in [6.45, 7) is 4.08. The zero-order valence-corrected chi connectivity index (χ0v) is 11.3. The molecule has 0 aliphatic heterocycles. The van der Waals surface area contributed by atoms with Crippen LogP contribution in [0.15, 0.2) is 47.3 Å². The molecule has 3 aromatic heterocycles. The number of rotatable bonds is 3. The lowest BCUT2D eigenvalue weighted by molar-refractivity contribution is 0.480. The summed E-state index contributed by atoms with van der Waals surface area (Å²) < 4.78 is 5.71. The fourth-order valence-corrected chi connectivity index (χ4v) is 1.80. The van der Waals surface area contributed by atoms with Gasteiger partial charge in [0.05, 0.1) is 6.20 Å². The van der Waals surface area contributed by atoms with Crippen molar-refractivity contribution in [1.82, 2.24) is 19.9 Å². The summed E-state index contributed by atoms with van der Waals surface area (Å²) in [5, 5.41) is 0. The first-order valence-electron chi connectivity index (χ1n) is 6.44. The largest absolute Gasteiger partial charge is 0.439 e. The summed E-state index contributed by atoms with van der Waals surface area (Å²) in [6.07, 6.45) is 5.09. The Morgan fingerprint density at radius 1 is 0.950 bits per heavy atom. The number of oxazole rings is 1. The van der Waals surface area contributed by atoms with Crippen LogP contribution in [-0.2, 0) is 0 Å². The molecule has 0 aliphatic carbocycles. The second-order valence-corrected chi connectivity index (χ2v) is 4.70. The molecule has 0 saturated carbocycles. The molecule has 0 saturated heterocycles. The lowest BCUT2D eigenvalue weighted by Gasteiger charge is -2.01. The highest BCUT2D eigenvalue weighted by atomic mass is 16.4. The van der Waals surface area contributed by atoms with E-state index in [2.05, 4.69) is 19.9 Å². The first-order valence-corrected chi connectivity index (χ1v) is 6.44. The molecule has 5 nitrogen and oxygen atoms in total. The first kappa shape index (κ1) is 12.5. The van der Waals surface area contributed by atoms with E-state index in [1.807, 2.05) is 32.0 Å². The van der Waals surface area contributed by atoms with Crippen molar-refractivity contribution in [3.05, 3.63) is 48.7 Å². The molecule has 0 aliphatic rings. The van der Waals surface area contributed by atoms with Crippen LogP contribution < -0.4 is 0 Å². The fourth-order valence-electron chi connectivity index (χ4n) is 1.80. The number of hydrogen-bond acceptors (Lipinski definition) is 5. The van der Waals surface area contributed by atoms with Crippen LogP contribution in [0.5, 0.6) is 0 Å². The third-order valence-electron chi connectivity index (χ3n) is 2.81. The Bertz CT molecular complexity index is 707. The highest BCUT2D eigenvalue weighted by Crippen LogP contribution is 2.23. The van der Waals surface area contributed by atoms with Gasteiger partial charge < -0.3 is 4.42 Å². The van der Waals surface area contributed by atoms with Gasteiger partial charge in [-0.25, -0.2) is 19.9 Å². The summed E-state index contributed by atoms with van der Waals surface area (Å²) in [6, 6.07) is 7.44. The predicted molar refractivity (Wildman–Crippen MR) is 74.8 cm³/mol. The summed E-state index contributed by atoms with van der Waals surface area (Å²) in [5.41, 5.74) is 1.44. The van der Waals surface area contributed by atoms with Crippen molar-refractivity contribution < 1.29 is 4.42 Å². The smallest absolute Gasteiger partial charge is 0.197 e. The van der Waals surface area contributed by atoms with Crippen molar-refractivity contribution in [1.29, 1.82) is 0 Å². The van der Waals surface area contributed by atoms with Crippen LogP contribution in [0.1, 0.15) is 25.7 Å². The van der Waals surface area contributed by atoms with Crippen LogP contribution in [-0.4, -0.2) is 19.9 Å². The molecule has 3 aromatic rings. The van der Waals surface area contributed by atoms with E-state index in [0.29, 0.717) is 23.2 Å². The topological polar surface area (TPSA) is 64.7 Å². The average molecular weight is 266 g/mol. The zero-order valence-electron chi connectivity index (χ0n) is 11.3. The van der Waals surface area contributed by atoms with Gasteiger partial charge in [0, 0.05) is 18.3 Å². The van der Waals surface area contributed by atoms with Gasteiger partial charge in [-0.2, -0.15) is 0 Å². The van der Waals surface area contributed by atoms with Gasteiger partial charge >= 0.3 is 0 Å². The zero-order chi connectivity index (χ0) is 13.9. The van der Waals surface area contributed by atoms with Gasteiger partial charge in [0.15, 0.2) is 17.5 Å². The second-order valence-electron chi connectivity index (χ2n) is 4.70. The molecule has 0 radical (unpaired) electrons. The van der Waals surface area contributed by atoms with Crippen LogP contribution in [0.3, 0.4) is 0 Å². The maximum absolute atomic E-state index is 5.71. The summed E-state index contributed by atoms with van der Waals surface area (Å²) in [5.74, 6) is 2.22. The number of nitrogens with zero attached hydrogens (tertiary/aromatic N) is 4. The molecule has 0 atom stereocenters. The molecule has 3 heterocycles. The molecular formula is C15H14N4O. The van der Waals surface area contributed by atoms with E-state index in [0.717, 1.165) is 5.69 Å². The van der Waals surface area contributed by atoms with Crippen LogP contribution in [0.4, 0.5) is 0 Å². The molecule has 3 rings (SSSR count). The molecule has 0 fully saturated rings. The number of pyridine rings is 1. The first-order chi connectivity index (χ1) is 9.74. The molecule has 5 heteroatoms. The van der Waals surface area contributed by atoms with Crippen molar-refractivity contribution in [2.75, 3.05) is 0 Å². The Labute approximate surface area is 116 Å². The van der Waals surface area contributed by atoms with E-state index in [-0.39, 0.29) is 5.92 Å². The van der Waals surface area contributed by atoms with Crippen LogP contribution >= 0.6 is 0 Å². The van der Waals surface area contributed by atoms with E-state index < -0.39 is 0 Å². The highest BCUT2D eigenvalue weighted by Gasteiger charge is 2.11. The van der Waals surface area contributed by atoms with Crippen molar-refractivity contribution in [2.45, 2.75) is 19.8 Å². The van der Waals surface area contributed by atoms with Gasteiger partial charge in [-0.1, -0.05) is 19.9 Å². The van der Waals surface area contributed by atoms with E-state index >= 15 is 0 Å².